The van der Waals surface area contributed by atoms with Crippen LogP contribution in [0.15, 0.2) is 48.7 Å². The van der Waals surface area contributed by atoms with Gasteiger partial charge in [0.15, 0.2) is 0 Å². The molecule has 2 rings (SSSR count). The summed E-state index contributed by atoms with van der Waals surface area (Å²) in [6.07, 6.45) is 1.09. The number of aromatic nitrogens is 1. The van der Waals surface area contributed by atoms with E-state index in [1.54, 1.807) is 19.4 Å². The molecule has 0 bridgehead atoms. The monoisotopic (exact) mass is 288 g/mol. The largest absolute Gasteiger partial charge is 0.481 e. The zero-order chi connectivity index (χ0) is 14.9. The Morgan fingerprint density at radius 3 is 2.67 bits per heavy atom. The molecule has 1 heterocycles. The van der Waals surface area contributed by atoms with Crippen molar-refractivity contribution in [3.8, 4) is 5.88 Å². The van der Waals surface area contributed by atoms with Gasteiger partial charge in [0.25, 0.3) is 0 Å². The fraction of sp³-hybridized carbons (Fsp3) is 0.312. The first-order valence-electron chi connectivity index (χ1n) is 6.81. The van der Waals surface area contributed by atoms with Gasteiger partial charge in [0.2, 0.25) is 5.88 Å². The normalized spacial score (nSPS) is 11.9. The predicted octanol–water partition coefficient (Wildman–Crippen LogP) is 2.08. The Balaban J connectivity index is 1.66. The van der Waals surface area contributed by atoms with Crippen molar-refractivity contribution in [1.82, 2.24) is 4.98 Å². The molecule has 0 saturated carbocycles. The number of hydrogen-bond acceptors (Lipinski definition) is 5. The van der Waals surface area contributed by atoms with E-state index in [2.05, 4.69) is 10.3 Å². The van der Waals surface area contributed by atoms with Crippen LogP contribution in [-0.4, -0.2) is 36.5 Å². The highest BCUT2D eigenvalue weighted by molar-refractivity contribution is 5.42. The molecule has 5 nitrogen and oxygen atoms in total. The van der Waals surface area contributed by atoms with Crippen LogP contribution in [0, 0.1) is 0 Å². The third-order valence-electron chi connectivity index (χ3n) is 2.91. The van der Waals surface area contributed by atoms with Crippen molar-refractivity contribution < 1.29 is 14.6 Å². The fourth-order valence-corrected chi connectivity index (χ4v) is 1.79. The van der Waals surface area contributed by atoms with Crippen LogP contribution >= 0.6 is 0 Å². The summed E-state index contributed by atoms with van der Waals surface area (Å²) in [6.45, 7) is 1.19. The molecule has 1 atom stereocenters. The lowest BCUT2D eigenvalue weighted by atomic mass is 10.2. The molecule has 0 radical (unpaired) electrons. The van der Waals surface area contributed by atoms with Gasteiger partial charge in [-0.25, -0.2) is 4.98 Å². The molecule has 1 aromatic carbocycles. The standard InChI is InChI=1S/C16H20N2O3/c1-20-16-8-7-14(9-18-16)17-10-15(19)12-21-11-13-5-3-2-4-6-13/h2-9,15,17,19H,10-12H2,1H3. The van der Waals surface area contributed by atoms with Crippen LogP contribution in [0.3, 0.4) is 0 Å². The van der Waals surface area contributed by atoms with Crippen LogP contribution in [0.2, 0.25) is 0 Å². The number of pyridine rings is 1. The molecule has 0 saturated heterocycles. The number of aliphatic hydroxyl groups excluding tert-OH is 1. The minimum Gasteiger partial charge on any atom is -0.481 e. The molecule has 21 heavy (non-hydrogen) atoms. The first kappa shape index (κ1) is 15.3. The van der Waals surface area contributed by atoms with E-state index in [-0.39, 0.29) is 6.61 Å². The van der Waals surface area contributed by atoms with Gasteiger partial charge in [0, 0.05) is 12.6 Å². The van der Waals surface area contributed by atoms with E-state index in [4.69, 9.17) is 9.47 Å². The number of rotatable bonds is 8. The zero-order valence-electron chi connectivity index (χ0n) is 12.0. The van der Waals surface area contributed by atoms with Gasteiger partial charge in [-0.05, 0) is 11.6 Å². The second-order valence-electron chi connectivity index (χ2n) is 4.62. The van der Waals surface area contributed by atoms with Gasteiger partial charge in [-0.15, -0.1) is 0 Å². The summed E-state index contributed by atoms with van der Waals surface area (Å²) in [4.78, 5) is 4.08. The van der Waals surface area contributed by atoms with E-state index in [1.807, 2.05) is 36.4 Å². The molecule has 112 valence electrons. The van der Waals surface area contributed by atoms with Gasteiger partial charge >= 0.3 is 0 Å². The summed E-state index contributed by atoms with van der Waals surface area (Å²) in [5.74, 6) is 0.562. The Labute approximate surface area is 124 Å². The Morgan fingerprint density at radius 2 is 2.00 bits per heavy atom. The quantitative estimate of drug-likeness (QED) is 0.778. The number of nitrogens with one attached hydrogen (secondary N) is 1. The van der Waals surface area contributed by atoms with E-state index in [1.165, 1.54) is 0 Å². The Morgan fingerprint density at radius 1 is 1.19 bits per heavy atom. The topological polar surface area (TPSA) is 63.6 Å². The number of benzene rings is 1. The Hall–Kier alpha value is -2.11. The van der Waals surface area contributed by atoms with Gasteiger partial charge in [0.05, 0.1) is 38.3 Å². The summed E-state index contributed by atoms with van der Waals surface area (Å²) in [7, 11) is 1.57. The molecule has 0 aliphatic carbocycles. The lowest BCUT2D eigenvalue weighted by molar-refractivity contribution is 0.0348. The van der Waals surface area contributed by atoms with Crippen LogP contribution in [0.4, 0.5) is 5.69 Å². The third kappa shape index (κ3) is 5.41. The van der Waals surface area contributed by atoms with Gasteiger partial charge < -0.3 is 19.9 Å². The van der Waals surface area contributed by atoms with Crippen molar-refractivity contribution in [1.29, 1.82) is 0 Å². The van der Waals surface area contributed by atoms with E-state index >= 15 is 0 Å². The lowest BCUT2D eigenvalue weighted by Crippen LogP contribution is -2.24. The van der Waals surface area contributed by atoms with Crippen LogP contribution < -0.4 is 10.1 Å². The molecule has 5 heteroatoms. The van der Waals surface area contributed by atoms with E-state index in [9.17, 15) is 5.11 Å². The van der Waals surface area contributed by atoms with Crippen molar-refractivity contribution >= 4 is 5.69 Å². The third-order valence-corrected chi connectivity index (χ3v) is 2.91. The average Bonchev–Trinajstić information content (AvgIpc) is 2.54. The predicted molar refractivity (Wildman–Crippen MR) is 81.4 cm³/mol. The summed E-state index contributed by atoms with van der Waals surface area (Å²) >= 11 is 0. The van der Waals surface area contributed by atoms with Crippen LogP contribution in [-0.2, 0) is 11.3 Å². The molecule has 0 aliphatic heterocycles. The van der Waals surface area contributed by atoms with Gasteiger partial charge in [0.1, 0.15) is 0 Å². The second-order valence-corrected chi connectivity index (χ2v) is 4.62. The Kier molecular flexibility index (Phi) is 5.99. The number of nitrogens with zero attached hydrogens (tertiary/aromatic N) is 1. The SMILES string of the molecule is COc1ccc(NCC(O)COCc2ccccc2)cn1. The second kappa shape index (κ2) is 8.24. The average molecular weight is 288 g/mol. The van der Waals surface area contributed by atoms with E-state index in [0.717, 1.165) is 11.3 Å². The van der Waals surface area contributed by atoms with Crippen LogP contribution in [0.5, 0.6) is 5.88 Å². The van der Waals surface area contributed by atoms with Crippen molar-refractivity contribution in [3.05, 3.63) is 54.2 Å². The number of hydrogen-bond donors (Lipinski definition) is 2. The molecule has 0 aliphatic rings. The Bertz CT molecular complexity index is 517. The lowest BCUT2D eigenvalue weighted by Gasteiger charge is -2.13. The molecule has 0 spiro atoms. The van der Waals surface area contributed by atoms with Gasteiger partial charge in [-0.1, -0.05) is 30.3 Å². The first-order chi connectivity index (χ1) is 10.3. The number of aliphatic hydroxyl groups is 1. The van der Waals surface area contributed by atoms with Gasteiger partial charge in [-0.3, -0.25) is 0 Å². The maximum absolute atomic E-state index is 9.86. The molecular weight excluding hydrogens is 268 g/mol. The number of anilines is 1. The smallest absolute Gasteiger partial charge is 0.213 e. The molecule has 1 aromatic heterocycles. The highest BCUT2D eigenvalue weighted by Gasteiger charge is 2.05. The number of ether oxygens (including phenoxy) is 2. The van der Waals surface area contributed by atoms with Crippen molar-refractivity contribution in [2.75, 3.05) is 25.6 Å². The van der Waals surface area contributed by atoms with Crippen molar-refractivity contribution in [2.45, 2.75) is 12.7 Å². The summed E-state index contributed by atoms with van der Waals surface area (Å²) in [5, 5.41) is 13.0. The summed E-state index contributed by atoms with van der Waals surface area (Å²) in [5.41, 5.74) is 1.93. The minimum absolute atomic E-state index is 0.283. The van der Waals surface area contributed by atoms with Crippen molar-refractivity contribution in [3.63, 3.8) is 0 Å². The maximum Gasteiger partial charge on any atom is 0.213 e. The first-order valence-corrected chi connectivity index (χ1v) is 6.81. The molecular formula is C16H20N2O3. The van der Waals surface area contributed by atoms with E-state index < -0.39 is 6.10 Å². The van der Waals surface area contributed by atoms with Gasteiger partial charge in [-0.2, -0.15) is 0 Å². The number of methoxy groups -OCH3 is 1. The van der Waals surface area contributed by atoms with Crippen LogP contribution in [0.1, 0.15) is 5.56 Å². The minimum atomic E-state index is -0.573. The molecule has 2 N–H and O–H groups in total. The van der Waals surface area contributed by atoms with E-state index in [0.29, 0.717) is 19.0 Å². The molecule has 1 unspecified atom stereocenters. The van der Waals surface area contributed by atoms with Crippen molar-refractivity contribution in [2.24, 2.45) is 0 Å². The summed E-state index contributed by atoms with van der Waals surface area (Å²) < 4.78 is 10.5. The fourth-order valence-electron chi connectivity index (χ4n) is 1.79. The van der Waals surface area contributed by atoms with Crippen LogP contribution in [0.25, 0.3) is 0 Å². The molecule has 2 aromatic rings. The molecule has 0 amide bonds. The highest BCUT2D eigenvalue weighted by atomic mass is 16.5. The highest BCUT2D eigenvalue weighted by Crippen LogP contribution is 2.10. The zero-order valence-corrected chi connectivity index (χ0v) is 12.0. The molecule has 0 fully saturated rings. The maximum atomic E-state index is 9.86. The summed E-state index contributed by atoms with van der Waals surface area (Å²) in [6, 6.07) is 13.5.